The predicted molar refractivity (Wildman–Crippen MR) is 88.4 cm³/mol. The minimum atomic E-state index is 0.00113. The third kappa shape index (κ3) is 4.22. The second-order valence-electron chi connectivity index (χ2n) is 5.73. The molecule has 0 aromatic carbocycles. The number of nitrogens with one attached hydrogen (secondary N) is 1. The van der Waals surface area contributed by atoms with Gasteiger partial charge in [0.25, 0.3) is 5.91 Å². The molecule has 2 aromatic heterocycles. The van der Waals surface area contributed by atoms with Gasteiger partial charge in [-0.2, -0.15) is 0 Å². The number of piperidine rings is 1. The van der Waals surface area contributed by atoms with Crippen molar-refractivity contribution in [3.63, 3.8) is 0 Å². The molecule has 3 rings (SSSR count). The van der Waals surface area contributed by atoms with Crippen LogP contribution in [0.5, 0.6) is 0 Å². The van der Waals surface area contributed by atoms with Crippen LogP contribution in [0.25, 0.3) is 0 Å². The van der Waals surface area contributed by atoms with Crippen molar-refractivity contribution >= 4 is 23.2 Å². The Hall–Kier alpha value is -2.08. The molecule has 6 heteroatoms. The van der Waals surface area contributed by atoms with Crippen molar-refractivity contribution in [3.05, 3.63) is 46.5 Å². The van der Waals surface area contributed by atoms with Crippen LogP contribution in [-0.2, 0) is 11.2 Å². The molecule has 1 fully saturated rings. The standard InChI is InChI=1S/C17H20N2O3S/c20-16(4-3-15-2-1-11-23-15)18-14-5-8-19(9-6-14)17(21)13-7-10-22-12-13/h1-2,7,10-12,14H,3-6,8-9H2,(H,18,20). The number of likely N-dealkylation sites (tertiary alicyclic amines) is 1. The number of thiophene rings is 1. The highest BCUT2D eigenvalue weighted by Crippen LogP contribution is 2.15. The van der Waals surface area contributed by atoms with E-state index in [2.05, 4.69) is 11.4 Å². The molecule has 0 unspecified atom stereocenters. The van der Waals surface area contributed by atoms with Crippen LogP contribution in [0.15, 0.2) is 40.5 Å². The van der Waals surface area contributed by atoms with Crippen LogP contribution < -0.4 is 5.32 Å². The van der Waals surface area contributed by atoms with Gasteiger partial charge in [0.15, 0.2) is 0 Å². The van der Waals surface area contributed by atoms with Crippen molar-refractivity contribution in [2.45, 2.75) is 31.7 Å². The minimum Gasteiger partial charge on any atom is -0.472 e. The Morgan fingerprint density at radius 1 is 1.30 bits per heavy atom. The third-order valence-electron chi connectivity index (χ3n) is 4.09. The van der Waals surface area contributed by atoms with Crippen LogP contribution in [0.2, 0.25) is 0 Å². The number of hydrogen-bond acceptors (Lipinski definition) is 4. The molecular formula is C17H20N2O3S. The predicted octanol–water partition coefficient (Wildman–Crippen LogP) is 2.69. The molecule has 3 heterocycles. The quantitative estimate of drug-likeness (QED) is 0.916. The van der Waals surface area contributed by atoms with Crippen molar-refractivity contribution in [2.75, 3.05) is 13.1 Å². The number of amides is 2. The van der Waals surface area contributed by atoms with Crippen molar-refractivity contribution in [3.8, 4) is 0 Å². The first-order chi connectivity index (χ1) is 11.2. The van der Waals surface area contributed by atoms with E-state index < -0.39 is 0 Å². The molecule has 0 saturated carbocycles. The topological polar surface area (TPSA) is 62.6 Å². The molecule has 2 aromatic rings. The molecule has 1 aliphatic rings. The summed E-state index contributed by atoms with van der Waals surface area (Å²) < 4.78 is 4.95. The van der Waals surface area contributed by atoms with Gasteiger partial charge >= 0.3 is 0 Å². The van der Waals surface area contributed by atoms with Crippen LogP contribution in [0.4, 0.5) is 0 Å². The Bertz CT molecular complexity index is 629. The summed E-state index contributed by atoms with van der Waals surface area (Å²) >= 11 is 1.68. The van der Waals surface area contributed by atoms with Gasteiger partial charge in [0, 0.05) is 30.4 Å². The summed E-state index contributed by atoms with van der Waals surface area (Å²) in [7, 11) is 0. The molecular weight excluding hydrogens is 312 g/mol. The van der Waals surface area contributed by atoms with Gasteiger partial charge in [0.1, 0.15) is 6.26 Å². The Morgan fingerprint density at radius 2 is 2.13 bits per heavy atom. The Balaban J connectivity index is 1.40. The largest absolute Gasteiger partial charge is 0.472 e. The summed E-state index contributed by atoms with van der Waals surface area (Å²) in [4.78, 5) is 27.3. The zero-order chi connectivity index (χ0) is 16.1. The summed E-state index contributed by atoms with van der Waals surface area (Å²) in [6, 6.07) is 5.91. The summed E-state index contributed by atoms with van der Waals surface area (Å²) in [5.41, 5.74) is 0.587. The second kappa shape index (κ2) is 7.46. The SMILES string of the molecule is O=C(CCc1cccs1)NC1CCN(C(=O)c2ccoc2)CC1. The normalized spacial score (nSPS) is 15.6. The number of furan rings is 1. The van der Waals surface area contributed by atoms with Gasteiger partial charge in [-0.1, -0.05) is 6.07 Å². The Labute approximate surface area is 139 Å². The number of carbonyl (C=O) groups is 2. The zero-order valence-electron chi connectivity index (χ0n) is 12.9. The lowest BCUT2D eigenvalue weighted by molar-refractivity contribution is -0.122. The van der Waals surface area contributed by atoms with E-state index in [0.717, 1.165) is 19.3 Å². The second-order valence-corrected chi connectivity index (χ2v) is 6.76. The van der Waals surface area contributed by atoms with E-state index in [-0.39, 0.29) is 17.9 Å². The first-order valence-electron chi connectivity index (χ1n) is 7.85. The lowest BCUT2D eigenvalue weighted by Gasteiger charge is -2.32. The van der Waals surface area contributed by atoms with Gasteiger partial charge in [-0.25, -0.2) is 0 Å². The monoisotopic (exact) mass is 332 g/mol. The summed E-state index contributed by atoms with van der Waals surface area (Å²) in [5.74, 6) is 0.0965. The molecule has 23 heavy (non-hydrogen) atoms. The Morgan fingerprint density at radius 3 is 2.78 bits per heavy atom. The van der Waals surface area contributed by atoms with E-state index in [9.17, 15) is 9.59 Å². The van der Waals surface area contributed by atoms with Gasteiger partial charge in [-0.05, 0) is 36.8 Å². The molecule has 5 nitrogen and oxygen atoms in total. The van der Waals surface area contributed by atoms with Gasteiger partial charge < -0.3 is 14.6 Å². The van der Waals surface area contributed by atoms with Gasteiger partial charge in [-0.15, -0.1) is 11.3 Å². The lowest BCUT2D eigenvalue weighted by Crippen LogP contribution is -2.46. The maximum absolute atomic E-state index is 12.2. The van der Waals surface area contributed by atoms with Crippen molar-refractivity contribution in [1.29, 1.82) is 0 Å². The van der Waals surface area contributed by atoms with E-state index >= 15 is 0 Å². The first kappa shape index (κ1) is 15.8. The fourth-order valence-corrected chi connectivity index (χ4v) is 3.50. The molecule has 0 aliphatic carbocycles. The van der Waals surface area contributed by atoms with E-state index in [1.165, 1.54) is 17.4 Å². The van der Waals surface area contributed by atoms with E-state index in [4.69, 9.17) is 4.42 Å². The molecule has 1 saturated heterocycles. The number of aryl methyl sites for hydroxylation is 1. The highest BCUT2D eigenvalue weighted by Gasteiger charge is 2.24. The van der Waals surface area contributed by atoms with Gasteiger partial charge in [-0.3, -0.25) is 9.59 Å². The molecule has 1 N–H and O–H groups in total. The van der Waals surface area contributed by atoms with Crippen molar-refractivity contribution in [1.82, 2.24) is 10.2 Å². The average Bonchev–Trinajstić information content (AvgIpc) is 3.26. The average molecular weight is 332 g/mol. The highest BCUT2D eigenvalue weighted by atomic mass is 32.1. The minimum absolute atomic E-state index is 0.00113. The van der Waals surface area contributed by atoms with Gasteiger partial charge in [0.05, 0.1) is 11.8 Å². The number of carbonyl (C=O) groups excluding carboxylic acids is 2. The Kier molecular flexibility index (Phi) is 5.12. The van der Waals surface area contributed by atoms with Crippen LogP contribution in [0.1, 0.15) is 34.5 Å². The molecule has 0 radical (unpaired) electrons. The van der Waals surface area contributed by atoms with Crippen LogP contribution >= 0.6 is 11.3 Å². The zero-order valence-corrected chi connectivity index (χ0v) is 13.7. The van der Waals surface area contributed by atoms with Crippen LogP contribution in [0, 0.1) is 0 Å². The molecule has 1 aliphatic heterocycles. The lowest BCUT2D eigenvalue weighted by atomic mass is 10.0. The summed E-state index contributed by atoms with van der Waals surface area (Å²) in [6.45, 7) is 1.33. The van der Waals surface area contributed by atoms with Crippen LogP contribution in [0.3, 0.4) is 0 Å². The highest BCUT2D eigenvalue weighted by molar-refractivity contribution is 7.09. The van der Waals surface area contributed by atoms with E-state index in [0.29, 0.717) is 25.1 Å². The third-order valence-corrected chi connectivity index (χ3v) is 5.03. The van der Waals surface area contributed by atoms with Crippen molar-refractivity contribution in [2.24, 2.45) is 0 Å². The smallest absolute Gasteiger partial charge is 0.257 e. The number of nitrogens with zero attached hydrogens (tertiary/aromatic N) is 1. The molecule has 0 bridgehead atoms. The van der Waals surface area contributed by atoms with Crippen LogP contribution in [-0.4, -0.2) is 35.8 Å². The maximum Gasteiger partial charge on any atom is 0.257 e. The first-order valence-corrected chi connectivity index (χ1v) is 8.73. The van der Waals surface area contributed by atoms with Gasteiger partial charge in [0.2, 0.25) is 5.91 Å². The number of hydrogen-bond donors (Lipinski definition) is 1. The number of rotatable bonds is 5. The summed E-state index contributed by atoms with van der Waals surface area (Å²) in [6.07, 6.45) is 5.90. The fraction of sp³-hybridized carbons (Fsp3) is 0.412. The van der Waals surface area contributed by atoms with Crippen molar-refractivity contribution < 1.29 is 14.0 Å². The molecule has 0 atom stereocenters. The molecule has 0 spiro atoms. The summed E-state index contributed by atoms with van der Waals surface area (Å²) in [5, 5.41) is 5.11. The molecule has 2 amide bonds. The maximum atomic E-state index is 12.2. The molecule has 122 valence electrons. The van der Waals surface area contributed by atoms with E-state index in [1.807, 2.05) is 16.3 Å². The fourth-order valence-electron chi connectivity index (χ4n) is 2.79. The van der Waals surface area contributed by atoms with E-state index in [1.54, 1.807) is 17.4 Å².